The first-order valence-electron chi connectivity index (χ1n) is 8.53. The fourth-order valence-electron chi connectivity index (χ4n) is 3.27. The summed E-state index contributed by atoms with van der Waals surface area (Å²) >= 11 is 0. The lowest BCUT2D eigenvalue weighted by Gasteiger charge is -2.37. The van der Waals surface area contributed by atoms with Crippen LogP contribution in [0.25, 0.3) is 0 Å². The summed E-state index contributed by atoms with van der Waals surface area (Å²) in [7, 11) is 3.87. The summed E-state index contributed by atoms with van der Waals surface area (Å²) in [5.41, 5.74) is 0.0557. The monoisotopic (exact) mass is 345 g/mol. The van der Waals surface area contributed by atoms with Crippen LogP contribution in [0.1, 0.15) is 37.8 Å². The first kappa shape index (κ1) is 19.3. The summed E-state index contributed by atoms with van der Waals surface area (Å²) < 4.78 is 27.9. The van der Waals surface area contributed by atoms with Crippen LogP contribution >= 0.6 is 0 Å². The summed E-state index contributed by atoms with van der Waals surface area (Å²) in [6.45, 7) is 3.80. The van der Waals surface area contributed by atoms with Crippen LogP contribution in [0, 0.1) is 11.6 Å². The number of rotatable bonds is 7. The number of hydrogen-bond donors (Lipinski definition) is 0. The van der Waals surface area contributed by atoms with Crippen molar-refractivity contribution in [2.75, 3.05) is 14.1 Å². The van der Waals surface area contributed by atoms with Crippen molar-refractivity contribution in [2.24, 2.45) is 0 Å². The molecule has 0 fully saturated rings. The van der Waals surface area contributed by atoms with Crippen molar-refractivity contribution in [3.63, 3.8) is 0 Å². The van der Waals surface area contributed by atoms with Gasteiger partial charge in [0.15, 0.2) is 0 Å². The van der Waals surface area contributed by atoms with Gasteiger partial charge >= 0.3 is 0 Å². The third-order valence-electron chi connectivity index (χ3n) is 4.92. The quantitative estimate of drug-likeness (QED) is 0.733. The highest BCUT2D eigenvalue weighted by Crippen LogP contribution is 2.40. The number of benzene rings is 2. The minimum Gasteiger partial charge on any atom is -0.307 e. The molecule has 0 aromatic heterocycles. The third kappa shape index (κ3) is 3.96. The maximum Gasteiger partial charge on any atom is 0.147 e. The van der Waals surface area contributed by atoms with Gasteiger partial charge in [-0.3, -0.25) is 4.79 Å². The van der Waals surface area contributed by atoms with Gasteiger partial charge in [-0.25, -0.2) is 8.78 Å². The second-order valence-corrected chi connectivity index (χ2v) is 6.72. The molecule has 0 radical (unpaired) electrons. The van der Waals surface area contributed by atoms with Crippen LogP contribution in [0.15, 0.2) is 48.5 Å². The van der Waals surface area contributed by atoms with E-state index in [2.05, 4.69) is 0 Å². The van der Waals surface area contributed by atoms with E-state index in [1.165, 1.54) is 24.3 Å². The molecule has 0 aliphatic carbocycles. The maximum atomic E-state index is 14.0. The predicted octanol–water partition coefficient (Wildman–Crippen LogP) is 4.57. The Balaban J connectivity index is 2.75. The first-order valence-corrected chi connectivity index (χ1v) is 8.53. The van der Waals surface area contributed by atoms with Gasteiger partial charge in [-0.1, -0.05) is 31.2 Å². The van der Waals surface area contributed by atoms with E-state index in [0.717, 1.165) is 0 Å². The maximum absolute atomic E-state index is 14.0. The molecule has 2 nitrogen and oxygen atoms in total. The Hall–Kier alpha value is -2.07. The van der Waals surface area contributed by atoms with E-state index in [9.17, 15) is 13.6 Å². The molecular weight excluding hydrogens is 320 g/mol. The van der Waals surface area contributed by atoms with Gasteiger partial charge in [-0.2, -0.15) is 0 Å². The van der Waals surface area contributed by atoms with Crippen molar-refractivity contribution in [3.8, 4) is 0 Å². The molecule has 2 aromatic carbocycles. The fourth-order valence-corrected chi connectivity index (χ4v) is 3.27. The van der Waals surface area contributed by atoms with Crippen LogP contribution in [-0.4, -0.2) is 30.8 Å². The standard InChI is InChI=1S/C21H25F2NO/c1-5-20(25)21(14-15(2)24(3)4,16-8-6-10-18(22)12-16)17-9-7-11-19(23)13-17/h6-13,15H,5,14H2,1-4H3/t15-/m0/s1. The molecule has 134 valence electrons. The fraction of sp³-hybridized carbons (Fsp3) is 0.381. The summed E-state index contributed by atoms with van der Waals surface area (Å²) in [4.78, 5) is 15.2. The van der Waals surface area contributed by atoms with Crippen LogP contribution < -0.4 is 0 Å². The number of Topliss-reactive ketones (excluding diaryl/α,β-unsaturated/α-hetero) is 1. The Morgan fingerprint density at radius 3 is 1.88 bits per heavy atom. The number of hydrogen-bond acceptors (Lipinski definition) is 2. The molecule has 2 rings (SSSR count). The van der Waals surface area contributed by atoms with Crippen molar-refractivity contribution in [3.05, 3.63) is 71.3 Å². The minimum absolute atomic E-state index is 0.0436. The Morgan fingerprint density at radius 2 is 1.52 bits per heavy atom. The average Bonchev–Trinajstić information content (AvgIpc) is 2.58. The second-order valence-electron chi connectivity index (χ2n) is 6.72. The smallest absolute Gasteiger partial charge is 0.147 e. The van der Waals surface area contributed by atoms with E-state index in [-0.39, 0.29) is 18.2 Å². The van der Waals surface area contributed by atoms with E-state index in [4.69, 9.17) is 0 Å². The Bertz CT molecular complexity index is 697. The Labute approximate surface area is 148 Å². The largest absolute Gasteiger partial charge is 0.307 e. The number of carbonyl (C=O) groups is 1. The number of halogens is 2. The SMILES string of the molecule is CCC(=O)C(C[C@H](C)N(C)C)(c1cccc(F)c1)c1cccc(F)c1. The highest BCUT2D eigenvalue weighted by atomic mass is 19.1. The zero-order chi connectivity index (χ0) is 18.6. The molecule has 0 amide bonds. The highest BCUT2D eigenvalue weighted by molar-refractivity contribution is 5.93. The topological polar surface area (TPSA) is 20.3 Å². The van der Waals surface area contributed by atoms with Crippen LogP contribution in [0.3, 0.4) is 0 Å². The molecule has 0 heterocycles. The van der Waals surface area contributed by atoms with E-state index in [1.807, 2.05) is 25.9 Å². The molecule has 0 aliphatic heterocycles. The van der Waals surface area contributed by atoms with Gasteiger partial charge in [0.25, 0.3) is 0 Å². The zero-order valence-corrected chi connectivity index (χ0v) is 15.2. The highest BCUT2D eigenvalue weighted by Gasteiger charge is 2.42. The summed E-state index contributed by atoms with van der Waals surface area (Å²) in [5.74, 6) is -0.850. The summed E-state index contributed by atoms with van der Waals surface area (Å²) in [6, 6.07) is 12.2. The van der Waals surface area contributed by atoms with Gasteiger partial charge in [-0.15, -0.1) is 0 Å². The molecule has 1 atom stereocenters. The van der Waals surface area contributed by atoms with Crippen LogP contribution in [-0.2, 0) is 10.2 Å². The summed E-state index contributed by atoms with van der Waals surface area (Å²) in [6.07, 6.45) is 0.729. The molecule has 0 saturated carbocycles. The van der Waals surface area contributed by atoms with Crippen molar-refractivity contribution >= 4 is 5.78 Å². The second kappa shape index (κ2) is 7.87. The van der Waals surface area contributed by atoms with E-state index in [1.54, 1.807) is 31.2 Å². The summed E-state index contributed by atoms with van der Waals surface area (Å²) in [5, 5.41) is 0. The van der Waals surface area contributed by atoms with Crippen molar-refractivity contribution in [1.29, 1.82) is 0 Å². The molecule has 0 N–H and O–H groups in total. The molecule has 0 spiro atoms. The van der Waals surface area contributed by atoms with Gasteiger partial charge < -0.3 is 4.90 Å². The molecule has 4 heteroatoms. The molecule has 0 aliphatic rings. The Kier molecular flexibility index (Phi) is 6.07. The number of ketones is 1. The molecular formula is C21H25F2NO. The van der Waals surface area contributed by atoms with E-state index >= 15 is 0 Å². The lowest BCUT2D eigenvalue weighted by atomic mass is 9.66. The van der Waals surface area contributed by atoms with Gasteiger partial charge in [0.05, 0.1) is 5.41 Å². The first-order chi connectivity index (χ1) is 11.8. The number of carbonyl (C=O) groups excluding carboxylic acids is 1. The molecule has 0 saturated heterocycles. The normalized spacial score (nSPS) is 13.1. The Morgan fingerprint density at radius 1 is 1.04 bits per heavy atom. The molecule has 0 unspecified atom stereocenters. The molecule has 2 aromatic rings. The van der Waals surface area contributed by atoms with Gasteiger partial charge in [0, 0.05) is 12.5 Å². The van der Waals surface area contributed by atoms with E-state index < -0.39 is 17.0 Å². The van der Waals surface area contributed by atoms with E-state index in [0.29, 0.717) is 17.5 Å². The zero-order valence-electron chi connectivity index (χ0n) is 15.2. The minimum atomic E-state index is -1.08. The predicted molar refractivity (Wildman–Crippen MR) is 96.6 cm³/mol. The van der Waals surface area contributed by atoms with Crippen LogP contribution in [0.4, 0.5) is 8.78 Å². The van der Waals surface area contributed by atoms with Gasteiger partial charge in [-0.05, 0) is 62.8 Å². The van der Waals surface area contributed by atoms with Gasteiger partial charge in [0.2, 0.25) is 0 Å². The molecule has 0 bridgehead atoms. The third-order valence-corrected chi connectivity index (χ3v) is 4.92. The van der Waals surface area contributed by atoms with Crippen molar-refractivity contribution < 1.29 is 13.6 Å². The lowest BCUT2D eigenvalue weighted by Crippen LogP contribution is -2.43. The van der Waals surface area contributed by atoms with Crippen molar-refractivity contribution in [2.45, 2.75) is 38.1 Å². The molecule has 25 heavy (non-hydrogen) atoms. The average molecular weight is 345 g/mol. The van der Waals surface area contributed by atoms with Crippen LogP contribution in [0.2, 0.25) is 0 Å². The van der Waals surface area contributed by atoms with Gasteiger partial charge in [0.1, 0.15) is 17.4 Å². The van der Waals surface area contributed by atoms with Crippen LogP contribution in [0.5, 0.6) is 0 Å². The van der Waals surface area contributed by atoms with Crippen molar-refractivity contribution in [1.82, 2.24) is 4.90 Å². The number of nitrogens with zero attached hydrogens (tertiary/aromatic N) is 1. The lowest BCUT2D eigenvalue weighted by molar-refractivity contribution is -0.123.